The number of aliphatic hydroxyl groups excluding tert-OH is 7. The van der Waals surface area contributed by atoms with E-state index >= 15 is 0 Å². The average molecular weight is 713 g/mol. The van der Waals surface area contributed by atoms with Crippen LogP contribution in [0.5, 0.6) is 0 Å². The summed E-state index contributed by atoms with van der Waals surface area (Å²) in [5, 5.41) is 77.3. The van der Waals surface area contributed by atoms with Crippen molar-refractivity contribution in [1.82, 2.24) is 0 Å². The van der Waals surface area contributed by atoms with Gasteiger partial charge in [0, 0.05) is 22.8 Å². The fraction of sp³-hybridized carbons (Fsp3) is 0.794. The molecule has 6 rings (SSSR count). The van der Waals surface area contributed by atoms with E-state index in [1.807, 2.05) is 13.8 Å². The summed E-state index contributed by atoms with van der Waals surface area (Å²) >= 11 is 0. The maximum absolute atomic E-state index is 13.8. The second kappa shape index (κ2) is 12.9. The Morgan fingerprint density at radius 2 is 1.72 bits per heavy atom. The lowest BCUT2D eigenvalue weighted by Crippen LogP contribution is -2.80. The lowest BCUT2D eigenvalue weighted by molar-refractivity contribution is -0.330. The van der Waals surface area contributed by atoms with Crippen molar-refractivity contribution in [3.05, 3.63) is 23.3 Å². The van der Waals surface area contributed by atoms with Gasteiger partial charge < -0.3 is 64.2 Å². The molecule has 3 heterocycles. The van der Waals surface area contributed by atoms with Gasteiger partial charge in [-0.3, -0.25) is 0 Å². The molecule has 3 aliphatic carbocycles. The van der Waals surface area contributed by atoms with Crippen molar-refractivity contribution in [1.29, 1.82) is 0 Å². The maximum atomic E-state index is 13.8. The molecule has 16 heteroatoms. The first kappa shape index (κ1) is 37.3. The van der Waals surface area contributed by atoms with Crippen LogP contribution in [-0.2, 0) is 42.8 Å². The second-order valence-electron chi connectivity index (χ2n) is 15.2. The zero-order valence-corrected chi connectivity index (χ0v) is 28.7. The van der Waals surface area contributed by atoms with Crippen LogP contribution in [0, 0.1) is 34.5 Å². The third kappa shape index (κ3) is 4.98. The number of fused-ring (bicyclic) bond motifs is 2. The molecular formula is C34H48O16. The van der Waals surface area contributed by atoms with Gasteiger partial charge in [-0.2, -0.15) is 0 Å². The molecule has 17 unspecified atom stereocenters. The monoisotopic (exact) mass is 712 g/mol. The topological polar surface area (TPSA) is 248 Å². The molecule has 2 saturated carbocycles. The van der Waals surface area contributed by atoms with Crippen molar-refractivity contribution in [3.63, 3.8) is 0 Å². The molecule has 3 saturated heterocycles. The van der Waals surface area contributed by atoms with E-state index in [4.69, 9.17) is 28.4 Å². The molecule has 3 aliphatic heterocycles. The number of allylic oxidation sites excluding steroid dienone is 2. The molecule has 5 fully saturated rings. The number of aliphatic hydroxyl groups is 7. The van der Waals surface area contributed by atoms with Gasteiger partial charge in [0.05, 0.1) is 38.4 Å². The maximum Gasteiger partial charge on any atom is 0.348 e. The molecular weight excluding hydrogens is 664 g/mol. The highest BCUT2D eigenvalue weighted by atomic mass is 16.7. The first-order valence-corrected chi connectivity index (χ1v) is 16.9. The molecule has 0 aromatic carbocycles. The summed E-state index contributed by atoms with van der Waals surface area (Å²) in [7, 11) is 1.06. The third-order valence-electron chi connectivity index (χ3n) is 12.6. The van der Waals surface area contributed by atoms with Gasteiger partial charge in [-0.1, -0.05) is 38.0 Å². The number of ether oxygens (including phenoxy) is 6. The second-order valence-corrected chi connectivity index (χ2v) is 15.2. The van der Waals surface area contributed by atoms with Crippen molar-refractivity contribution >= 4 is 17.9 Å². The molecule has 6 aliphatic rings. The molecule has 280 valence electrons. The van der Waals surface area contributed by atoms with Gasteiger partial charge in [0.1, 0.15) is 42.7 Å². The number of carbonyl (C=O) groups excluding carboxylic acids is 3. The number of esters is 3. The minimum Gasteiger partial charge on any atom is -0.467 e. The SMILES string of the molecule is COC(=O)C12OCC34C(CC5C(C)=CC(OC6OC(CO)C(O)C(O)C6O)C(O)C5(C)C3C(O)C1O)OC(=O)C(OC(=O)C=C(C)C(C)C)C24. The Morgan fingerprint density at radius 1 is 1.04 bits per heavy atom. The standard InChI is InChI=1S/C34H48O16/c1-12(2)13(3)8-19(36)50-24-26-33-11-46-34(26,31(44)45-6)28(42)23(40)25(33)32(5)15(9-18(33)49-29(24)43)14(4)7-16(27(32)41)47-30-22(39)21(38)20(37)17(10-35)48-30/h7-8,12,15-18,20-28,30,35,37-42H,9-11H2,1-6H3. The summed E-state index contributed by atoms with van der Waals surface area (Å²) in [6.07, 6.45) is -14.6. The van der Waals surface area contributed by atoms with E-state index in [1.54, 1.807) is 26.8 Å². The summed E-state index contributed by atoms with van der Waals surface area (Å²) in [6, 6.07) is 0. The van der Waals surface area contributed by atoms with Gasteiger partial charge in [-0.15, -0.1) is 0 Å². The summed E-state index contributed by atoms with van der Waals surface area (Å²) in [5.74, 6) is -6.21. The van der Waals surface area contributed by atoms with Crippen LogP contribution in [0.25, 0.3) is 0 Å². The normalized spacial score (nSPS) is 49.8. The molecule has 50 heavy (non-hydrogen) atoms. The van der Waals surface area contributed by atoms with Crippen LogP contribution in [0.4, 0.5) is 0 Å². The van der Waals surface area contributed by atoms with E-state index in [0.29, 0.717) is 11.1 Å². The minimum atomic E-state index is -2.36. The molecule has 17 atom stereocenters. The highest BCUT2D eigenvalue weighted by molar-refractivity contribution is 5.89. The van der Waals surface area contributed by atoms with Crippen LogP contribution in [0.15, 0.2) is 23.3 Å². The molecule has 0 aromatic rings. The number of hydrogen-bond donors (Lipinski definition) is 7. The molecule has 16 nitrogen and oxygen atoms in total. The van der Waals surface area contributed by atoms with Gasteiger partial charge in [0.2, 0.25) is 11.7 Å². The highest BCUT2D eigenvalue weighted by Crippen LogP contribution is 2.73. The van der Waals surface area contributed by atoms with Gasteiger partial charge in [-0.25, -0.2) is 14.4 Å². The largest absolute Gasteiger partial charge is 0.467 e. The van der Waals surface area contributed by atoms with Crippen molar-refractivity contribution in [2.24, 2.45) is 34.5 Å². The van der Waals surface area contributed by atoms with Gasteiger partial charge in [0.25, 0.3) is 0 Å². The molecule has 1 spiro atoms. The number of rotatable bonds is 7. The van der Waals surface area contributed by atoms with Crippen molar-refractivity contribution in [3.8, 4) is 0 Å². The van der Waals surface area contributed by atoms with Gasteiger partial charge in [0.15, 0.2) is 6.29 Å². The van der Waals surface area contributed by atoms with Crippen molar-refractivity contribution in [2.75, 3.05) is 20.3 Å². The van der Waals surface area contributed by atoms with E-state index in [-0.39, 0.29) is 18.9 Å². The minimum absolute atomic E-state index is 0.0294. The lowest BCUT2D eigenvalue weighted by Gasteiger charge is -2.68. The molecule has 0 amide bonds. The van der Waals surface area contributed by atoms with Crippen molar-refractivity contribution in [2.45, 2.75) is 114 Å². The van der Waals surface area contributed by atoms with Crippen LogP contribution < -0.4 is 0 Å². The fourth-order valence-corrected chi connectivity index (χ4v) is 9.91. The van der Waals surface area contributed by atoms with Crippen molar-refractivity contribution < 1.29 is 78.6 Å². The lowest BCUT2D eigenvalue weighted by atomic mass is 9.37. The Kier molecular flexibility index (Phi) is 9.58. The quantitative estimate of drug-likeness (QED) is 0.0644. The summed E-state index contributed by atoms with van der Waals surface area (Å²) in [6.45, 7) is 7.78. The third-order valence-corrected chi connectivity index (χ3v) is 12.6. The Bertz CT molecular complexity index is 1440. The first-order valence-electron chi connectivity index (χ1n) is 16.9. The number of carbonyl (C=O) groups is 3. The Labute approximate surface area is 288 Å². The summed E-state index contributed by atoms with van der Waals surface area (Å²) < 4.78 is 34.6. The average Bonchev–Trinajstić information content (AvgIpc) is 3.38. The predicted molar refractivity (Wildman–Crippen MR) is 165 cm³/mol. The number of methoxy groups -OCH3 is 1. The Balaban J connectivity index is 1.45. The predicted octanol–water partition coefficient (Wildman–Crippen LogP) is -2.15. The highest BCUT2D eigenvalue weighted by Gasteiger charge is 2.85. The van der Waals surface area contributed by atoms with Crippen LogP contribution in [0.2, 0.25) is 0 Å². The number of hydrogen-bond acceptors (Lipinski definition) is 16. The van der Waals surface area contributed by atoms with Crippen LogP contribution in [0.3, 0.4) is 0 Å². The Hall–Kier alpha value is -2.51. The van der Waals surface area contributed by atoms with Gasteiger partial charge >= 0.3 is 17.9 Å². The fourth-order valence-electron chi connectivity index (χ4n) is 9.91. The van der Waals surface area contributed by atoms with Crippen LogP contribution in [0.1, 0.15) is 41.0 Å². The first-order chi connectivity index (χ1) is 23.4. The summed E-state index contributed by atoms with van der Waals surface area (Å²) in [4.78, 5) is 40.7. The zero-order chi connectivity index (χ0) is 36.8. The Morgan fingerprint density at radius 3 is 2.34 bits per heavy atom. The van der Waals surface area contributed by atoms with Crippen LogP contribution in [-0.4, -0.2) is 147 Å². The molecule has 2 bridgehead atoms. The van der Waals surface area contributed by atoms with E-state index < -0.39 is 126 Å². The zero-order valence-electron chi connectivity index (χ0n) is 28.7. The molecule has 7 N–H and O–H groups in total. The van der Waals surface area contributed by atoms with E-state index in [9.17, 15) is 50.1 Å². The molecule has 0 radical (unpaired) electrons. The van der Waals surface area contributed by atoms with Crippen LogP contribution >= 0.6 is 0 Å². The van der Waals surface area contributed by atoms with E-state index in [2.05, 4.69) is 0 Å². The van der Waals surface area contributed by atoms with E-state index in [1.165, 1.54) is 6.08 Å². The van der Waals surface area contributed by atoms with E-state index in [0.717, 1.165) is 7.11 Å². The van der Waals surface area contributed by atoms with Gasteiger partial charge in [-0.05, 0) is 32.1 Å². The summed E-state index contributed by atoms with van der Waals surface area (Å²) in [5.41, 5.74) is -4.03. The molecule has 0 aromatic heterocycles. The smallest absolute Gasteiger partial charge is 0.348 e.